The first-order chi connectivity index (χ1) is 13.3. The summed E-state index contributed by atoms with van der Waals surface area (Å²) in [5, 5.41) is 3.64. The highest BCUT2D eigenvalue weighted by Crippen LogP contribution is 2.35. The summed E-state index contributed by atoms with van der Waals surface area (Å²) >= 11 is 0. The topological polar surface area (TPSA) is 91.0 Å². The lowest BCUT2D eigenvalue weighted by Crippen LogP contribution is -2.52. The van der Waals surface area contributed by atoms with E-state index in [0.717, 1.165) is 29.2 Å². The molecule has 1 aliphatic heterocycles. The standard InChI is InChI=1S/C20H28N4O4/c1-14-8-10-20(11-9-14)18(26)24(19(27)21-20)22-17(25)13-23(2)12-15-6-4-5-7-16(15)28-3/h4-7,14H,8-13H2,1-3H3,(H,21,27)(H,22,25). The zero-order valence-corrected chi connectivity index (χ0v) is 16.7. The van der Waals surface area contributed by atoms with Crippen LogP contribution in [-0.2, 0) is 16.1 Å². The molecule has 0 unspecified atom stereocenters. The van der Waals surface area contributed by atoms with Crippen molar-refractivity contribution in [3.8, 4) is 5.75 Å². The van der Waals surface area contributed by atoms with Gasteiger partial charge in [-0.2, -0.15) is 5.01 Å². The van der Waals surface area contributed by atoms with Gasteiger partial charge in [0.05, 0.1) is 13.7 Å². The third-order valence-corrected chi connectivity index (χ3v) is 5.57. The number of urea groups is 1. The number of likely N-dealkylation sites (N-methyl/N-ethyl adjacent to an activating group) is 1. The van der Waals surface area contributed by atoms with Crippen LogP contribution in [0.4, 0.5) is 4.79 Å². The van der Waals surface area contributed by atoms with Gasteiger partial charge >= 0.3 is 6.03 Å². The first-order valence-corrected chi connectivity index (χ1v) is 9.61. The van der Waals surface area contributed by atoms with Gasteiger partial charge in [-0.3, -0.25) is 19.9 Å². The van der Waals surface area contributed by atoms with Crippen molar-refractivity contribution in [3.05, 3.63) is 29.8 Å². The van der Waals surface area contributed by atoms with E-state index in [1.54, 1.807) is 19.1 Å². The molecule has 2 N–H and O–H groups in total. The molecular formula is C20H28N4O4. The minimum atomic E-state index is -0.861. The zero-order valence-electron chi connectivity index (χ0n) is 16.7. The van der Waals surface area contributed by atoms with E-state index in [4.69, 9.17) is 4.74 Å². The van der Waals surface area contributed by atoms with E-state index < -0.39 is 17.5 Å². The first kappa shape index (κ1) is 20.1. The van der Waals surface area contributed by atoms with Crippen molar-refractivity contribution in [1.82, 2.24) is 20.7 Å². The van der Waals surface area contributed by atoms with Crippen molar-refractivity contribution in [1.29, 1.82) is 0 Å². The van der Waals surface area contributed by atoms with Gasteiger partial charge in [0.2, 0.25) is 0 Å². The Balaban J connectivity index is 1.57. The number of methoxy groups -OCH3 is 1. The molecule has 1 aromatic rings. The van der Waals surface area contributed by atoms with Gasteiger partial charge in [-0.05, 0) is 44.7 Å². The summed E-state index contributed by atoms with van der Waals surface area (Å²) in [4.78, 5) is 39.3. The molecule has 0 radical (unpaired) electrons. The highest BCUT2D eigenvalue weighted by molar-refractivity contribution is 6.08. The molecule has 1 aliphatic carbocycles. The number of carbonyl (C=O) groups excluding carboxylic acids is 3. The zero-order chi connectivity index (χ0) is 20.3. The highest BCUT2D eigenvalue weighted by atomic mass is 16.5. The average molecular weight is 388 g/mol. The minimum absolute atomic E-state index is 0.0408. The second-order valence-electron chi connectivity index (χ2n) is 7.85. The Bertz CT molecular complexity index is 758. The molecule has 152 valence electrons. The Labute approximate surface area is 165 Å². The second-order valence-corrected chi connectivity index (χ2v) is 7.85. The molecule has 1 spiro atoms. The van der Waals surface area contributed by atoms with Gasteiger partial charge in [-0.25, -0.2) is 4.79 Å². The molecule has 1 saturated carbocycles. The van der Waals surface area contributed by atoms with Crippen LogP contribution in [0.15, 0.2) is 24.3 Å². The van der Waals surface area contributed by atoms with E-state index in [0.29, 0.717) is 25.3 Å². The maximum atomic E-state index is 12.8. The number of hydrazine groups is 1. The molecule has 1 heterocycles. The van der Waals surface area contributed by atoms with Crippen LogP contribution in [0.1, 0.15) is 38.2 Å². The molecule has 4 amide bonds. The van der Waals surface area contributed by atoms with Crippen molar-refractivity contribution in [2.75, 3.05) is 20.7 Å². The summed E-state index contributed by atoms with van der Waals surface area (Å²) < 4.78 is 5.33. The molecular weight excluding hydrogens is 360 g/mol. The van der Waals surface area contributed by atoms with E-state index in [9.17, 15) is 14.4 Å². The quantitative estimate of drug-likeness (QED) is 0.724. The summed E-state index contributed by atoms with van der Waals surface area (Å²) in [7, 11) is 3.40. The third kappa shape index (κ3) is 4.11. The molecule has 0 bridgehead atoms. The highest BCUT2D eigenvalue weighted by Gasteiger charge is 2.52. The fourth-order valence-corrected chi connectivity index (χ4v) is 3.90. The molecule has 0 aromatic heterocycles. The van der Waals surface area contributed by atoms with Crippen molar-refractivity contribution in [2.45, 2.75) is 44.7 Å². The van der Waals surface area contributed by atoms with Crippen LogP contribution in [0.2, 0.25) is 0 Å². The molecule has 3 rings (SSSR count). The second kappa shape index (κ2) is 8.18. The lowest BCUT2D eigenvalue weighted by atomic mass is 9.77. The van der Waals surface area contributed by atoms with Crippen LogP contribution in [-0.4, -0.2) is 54.0 Å². The number of rotatable bonds is 6. The number of hydrogen-bond acceptors (Lipinski definition) is 5. The maximum absolute atomic E-state index is 12.8. The smallest absolute Gasteiger partial charge is 0.344 e. The Morgan fingerprint density at radius 2 is 2.00 bits per heavy atom. The summed E-state index contributed by atoms with van der Waals surface area (Å²) in [5.41, 5.74) is 2.56. The van der Waals surface area contributed by atoms with Crippen molar-refractivity contribution in [2.24, 2.45) is 5.92 Å². The number of nitrogens with one attached hydrogen (secondary N) is 2. The van der Waals surface area contributed by atoms with Crippen LogP contribution < -0.4 is 15.5 Å². The Morgan fingerprint density at radius 1 is 1.32 bits per heavy atom. The molecule has 1 aromatic carbocycles. The average Bonchev–Trinajstić information content (AvgIpc) is 2.89. The number of imide groups is 1. The molecule has 8 nitrogen and oxygen atoms in total. The normalized spacial score (nSPS) is 24.6. The summed E-state index contributed by atoms with van der Waals surface area (Å²) in [6.45, 7) is 2.68. The van der Waals surface area contributed by atoms with Crippen LogP contribution in [0.5, 0.6) is 5.75 Å². The Hall–Kier alpha value is -2.61. The van der Waals surface area contributed by atoms with Gasteiger partial charge in [0.15, 0.2) is 0 Å². The summed E-state index contributed by atoms with van der Waals surface area (Å²) in [6.07, 6.45) is 2.99. The van der Waals surface area contributed by atoms with E-state index in [1.165, 1.54) is 0 Å². The van der Waals surface area contributed by atoms with Crippen LogP contribution in [0.3, 0.4) is 0 Å². The van der Waals surface area contributed by atoms with Crippen LogP contribution in [0, 0.1) is 5.92 Å². The van der Waals surface area contributed by atoms with Gasteiger partial charge in [0, 0.05) is 12.1 Å². The lowest BCUT2D eigenvalue weighted by Gasteiger charge is -2.33. The largest absolute Gasteiger partial charge is 0.496 e. The van der Waals surface area contributed by atoms with Crippen molar-refractivity contribution in [3.63, 3.8) is 0 Å². The van der Waals surface area contributed by atoms with E-state index in [1.807, 2.05) is 24.3 Å². The van der Waals surface area contributed by atoms with E-state index in [-0.39, 0.29) is 12.5 Å². The first-order valence-electron chi connectivity index (χ1n) is 9.61. The van der Waals surface area contributed by atoms with Gasteiger partial charge in [-0.1, -0.05) is 25.1 Å². The Kier molecular flexibility index (Phi) is 5.88. The Morgan fingerprint density at radius 3 is 2.68 bits per heavy atom. The van der Waals surface area contributed by atoms with Gasteiger partial charge in [0.25, 0.3) is 11.8 Å². The third-order valence-electron chi connectivity index (χ3n) is 5.57. The van der Waals surface area contributed by atoms with Crippen molar-refractivity contribution >= 4 is 17.8 Å². The van der Waals surface area contributed by atoms with Gasteiger partial charge in [-0.15, -0.1) is 0 Å². The fourth-order valence-electron chi connectivity index (χ4n) is 3.90. The number of carbonyl (C=O) groups is 3. The van der Waals surface area contributed by atoms with E-state index in [2.05, 4.69) is 17.7 Å². The predicted molar refractivity (Wildman–Crippen MR) is 103 cm³/mol. The number of benzene rings is 1. The number of hydrogen-bond donors (Lipinski definition) is 2. The molecule has 28 heavy (non-hydrogen) atoms. The summed E-state index contributed by atoms with van der Waals surface area (Å²) in [6, 6.07) is 7.03. The van der Waals surface area contributed by atoms with Gasteiger partial charge in [0.1, 0.15) is 11.3 Å². The molecule has 2 aliphatic rings. The molecule has 1 saturated heterocycles. The molecule has 2 fully saturated rings. The number of para-hydroxylation sites is 1. The van der Waals surface area contributed by atoms with E-state index >= 15 is 0 Å². The maximum Gasteiger partial charge on any atom is 0.344 e. The van der Waals surface area contributed by atoms with Gasteiger partial charge < -0.3 is 10.1 Å². The summed E-state index contributed by atoms with van der Waals surface area (Å²) in [5.74, 6) is 0.521. The number of amides is 4. The number of ether oxygens (including phenoxy) is 1. The van der Waals surface area contributed by atoms with Crippen LogP contribution >= 0.6 is 0 Å². The molecule has 0 atom stereocenters. The van der Waals surface area contributed by atoms with Crippen LogP contribution in [0.25, 0.3) is 0 Å². The SMILES string of the molecule is COc1ccccc1CN(C)CC(=O)NN1C(=O)NC2(CCC(C)CC2)C1=O. The fraction of sp³-hybridized carbons (Fsp3) is 0.550. The predicted octanol–water partition coefficient (Wildman–Crippen LogP) is 1.66. The monoisotopic (exact) mass is 388 g/mol. The number of nitrogens with zero attached hydrogens (tertiary/aromatic N) is 2. The minimum Gasteiger partial charge on any atom is -0.496 e. The van der Waals surface area contributed by atoms with Crippen molar-refractivity contribution < 1.29 is 19.1 Å². The molecule has 8 heteroatoms. The lowest BCUT2D eigenvalue weighted by molar-refractivity contribution is -0.140.